The summed E-state index contributed by atoms with van der Waals surface area (Å²) in [5.74, 6) is 1.28. The fourth-order valence-electron chi connectivity index (χ4n) is 4.02. The molecule has 0 spiro atoms. The maximum Gasteiger partial charge on any atom is 0.276 e. The van der Waals surface area contributed by atoms with Crippen molar-refractivity contribution in [2.75, 3.05) is 20.2 Å². The van der Waals surface area contributed by atoms with Crippen LogP contribution in [-0.2, 0) is 13.0 Å². The lowest BCUT2D eigenvalue weighted by atomic mass is 10.1. The number of aryl methyl sites for hydroxylation is 1. The van der Waals surface area contributed by atoms with Crippen molar-refractivity contribution in [3.05, 3.63) is 63.2 Å². The number of hydrogen-bond acceptors (Lipinski definition) is 4. The Hall–Kier alpha value is -2.60. The summed E-state index contributed by atoms with van der Waals surface area (Å²) in [5.41, 5.74) is 4.75. The molecule has 1 aromatic carbocycles. The summed E-state index contributed by atoms with van der Waals surface area (Å²) in [6.45, 7) is 6.87. The van der Waals surface area contributed by atoms with Crippen molar-refractivity contribution >= 4 is 5.65 Å². The van der Waals surface area contributed by atoms with E-state index in [4.69, 9.17) is 4.74 Å². The van der Waals surface area contributed by atoms with E-state index in [1.54, 1.807) is 11.6 Å². The predicted octanol–water partition coefficient (Wildman–Crippen LogP) is 2.89. The van der Waals surface area contributed by atoms with Crippen LogP contribution in [0.25, 0.3) is 5.65 Å². The number of fused-ring (bicyclic) bond motifs is 1. The number of ether oxygens (including phenoxy) is 1. The summed E-state index contributed by atoms with van der Waals surface area (Å²) < 4.78 is 6.83. The zero-order valence-corrected chi connectivity index (χ0v) is 16.2. The van der Waals surface area contributed by atoms with E-state index in [-0.39, 0.29) is 5.56 Å². The number of aromatic nitrogens is 3. The van der Waals surface area contributed by atoms with Gasteiger partial charge in [-0.2, -0.15) is 0 Å². The first kappa shape index (κ1) is 17.8. The van der Waals surface area contributed by atoms with Gasteiger partial charge < -0.3 is 4.74 Å². The molecule has 1 N–H and O–H groups in total. The summed E-state index contributed by atoms with van der Waals surface area (Å²) in [5, 5.41) is 3.31. The zero-order valence-electron chi connectivity index (χ0n) is 16.2. The number of rotatable bonds is 5. The van der Waals surface area contributed by atoms with Crippen LogP contribution in [0, 0.1) is 6.92 Å². The predicted molar refractivity (Wildman–Crippen MR) is 106 cm³/mol. The van der Waals surface area contributed by atoms with E-state index in [9.17, 15) is 4.79 Å². The average Bonchev–Trinajstić information content (AvgIpc) is 3.29. The van der Waals surface area contributed by atoms with Crippen LogP contribution in [0.15, 0.2) is 35.1 Å². The van der Waals surface area contributed by atoms with Gasteiger partial charge in [0.25, 0.3) is 5.56 Å². The molecule has 1 saturated heterocycles. The van der Waals surface area contributed by atoms with Crippen LogP contribution >= 0.6 is 0 Å². The molecule has 6 heteroatoms. The van der Waals surface area contributed by atoms with E-state index in [0.29, 0.717) is 12.3 Å². The van der Waals surface area contributed by atoms with Crippen LogP contribution in [0.3, 0.4) is 0 Å². The molecular weight excluding hydrogens is 340 g/mol. The fourth-order valence-corrected chi connectivity index (χ4v) is 4.02. The SMILES string of the molecule is CCc1c(C)nc2cc([C@H]3CCN(Cc4ccc(OC)cc4)C3)[nH]n2c1=O. The Labute approximate surface area is 158 Å². The molecule has 142 valence electrons. The summed E-state index contributed by atoms with van der Waals surface area (Å²) in [4.78, 5) is 19.7. The molecule has 27 heavy (non-hydrogen) atoms. The molecule has 0 unspecified atom stereocenters. The standard InChI is InChI=1S/C21H26N4O2/c1-4-18-14(2)22-20-11-19(23-25(20)21(18)26)16-9-10-24(13-16)12-15-5-7-17(27-3)8-6-15/h5-8,11,16,23H,4,9-10,12-13H2,1-3H3/t16-/m0/s1. The molecule has 1 aliphatic heterocycles. The van der Waals surface area contributed by atoms with Crippen LogP contribution in [0.2, 0.25) is 0 Å². The van der Waals surface area contributed by atoms with Crippen molar-refractivity contribution < 1.29 is 4.74 Å². The van der Waals surface area contributed by atoms with Crippen molar-refractivity contribution in [1.29, 1.82) is 0 Å². The Bertz CT molecular complexity index is 1000. The maximum absolute atomic E-state index is 12.6. The third-order valence-electron chi connectivity index (χ3n) is 5.57. The van der Waals surface area contributed by atoms with Gasteiger partial charge in [0.05, 0.1) is 7.11 Å². The molecule has 1 aliphatic rings. The van der Waals surface area contributed by atoms with E-state index >= 15 is 0 Å². The van der Waals surface area contributed by atoms with Gasteiger partial charge in [0.15, 0.2) is 5.65 Å². The monoisotopic (exact) mass is 366 g/mol. The summed E-state index contributed by atoms with van der Waals surface area (Å²) in [6.07, 6.45) is 1.78. The van der Waals surface area contributed by atoms with E-state index in [2.05, 4.69) is 27.1 Å². The molecule has 3 aromatic rings. The molecule has 1 atom stereocenters. The van der Waals surface area contributed by atoms with Gasteiger partial charge in [-0.25, -0.2) is 9.50 Å². The number of methoxy groups -OCH3 is 1. The van der Waals surface area contributed by atoms with Crippen molar-refractivity contribution in [2.45, 2.75) is 39.2 Å². The lowest BCUT2D eigenvalue weighted by molar-refractivity contribution is 0.326. The minimum absolute atomic E-state index is 0.0272. The van der Waals surface area contributed by atoms with Crippen LogP contribution in [0.4, 0.5) is 0 Å². The van der Waals surface area contributed by atoms with Crippen molar-refractivity contribution in [3.63, 3.8) is 0 Å². The van der Waals surface area contributed by atoms with E-state index < -0.39 is 0 Å². The second-order valence-electron chi connectivity index (χ2n) is 7.31. The van der Waals surface area contributed by atoms with Crippen molar-refractivity contribution in [2.24, 2.45) is 0 Å². The molecule has 3 heterocycles. The number of nitrogens with one attached hydrogen (secondary N) is 1. The number of hydrogen-bond donors (Lipinski definition) is 1. The van der Waals surface area contributed by atoms with Gasteiger partial charge in [-0.05, 0) is 44.0 Å². The molecule has 2 aromatic heterocycles. The smallest absolute Gasteiger partial charge is 0.276 e. The second-order valence-corrected chi connectivity index (χ2v) is 7.31. The third kappa shape index (κ3) is 3.37. The van der Waals surface area contributed by atoms with Crippen LogP contribution in [-0.4, -0.2) is 39.7 Å². The van der Waals surface area contributed by atoms with Gasteiger partial charge in [0.2, 0.25) is 0 Å². The lowest BCUT2D eigenvalue weighted by Crippen LogP contribution is -2.21. The average molecular weight is 366 g/mol. The topological polar surface area (TPSA) is 62.6 Å². The fraction of sp³-hybridized carbons (Fsp3) is 0.429. The third-order valence-corrected chi connectivity index (χ3v) is 5.57. The van der Waals surface area contributed by atoms with Crippen molar-refractivity contribution in [1.82, 2.24) is 19.5 Å². The number of benzene rings is 1. The molecule has 0 aliphatic carbocycles. The van der Waals surface area contributed by atoms with Gasteiger partial charge in [-0.15, -0.1) is 0 Å². The number of likely N-dealkylation sites (tertiary alicyclic amines) is 1. The molecular formula is C21H26N4O2. The summed E-state index contributed by atoms with van der Waals surface area (Å²) in [6, 6.07) is 10.3. The highest BCUT2D eigenvalue weighted by atomic mass is 16.5. The molecule has 6 nitrogen and oxygen atoms in total. The largest absolute Gasteiger partial charge is 0.497 e. The van der Waals surface area contributed by atoms with Gasteiger partial charge in [-0.3, -0.25) is 14.8 Å². The van der Waals surface area contributed by atoms with Gasteiger partial charge in [0, 0.05) is 42.0 Å². The van der Waals surface area contributed by atoms with E-state index in [1.807, 2.05) is 32.0 Å². The van der Waals surface area contributed by atoms with Crippen LogP contribution < -0.4 is 10.3 Å². The Morgan fingerprint density at radius 1 is 1.30 bits per heavy atom. The van der Waals surface area contributed by atoms with Crippen LogP contribution in [0.5, 0.6) is 5.75 Å². The second kappa shape index (κ2) is 7.19. The first-order valence-corrected chi connectivity index (χ1v) is 9.55. The molecule has 1 fully saturated rings. The van der Waals surface area contributed by atoms with E-state index in [0.717, 1.165) is 54.4 Å². The Kier molecular flexibility index (Phi) is 4.74. The summed E-state index contributed by atoms with van der Waals surface area (Å²) >= 11 is 0. The molecule has 0 saturated carbocycles. The Morgan fingerprint density at radius 3 is 2.78 bits per heavy atom. The maximum atomic E-state index is 12.6. The number of nitrogens with zero attached hydrogens (tertiary/aromatic N) is 3. The zero-order chi connectivity index (χ0) is 19.0. The minimum Gasteiger partial charge on any atom is -0.497 e. The van der Waals surface area contributed by atoms with Gasteiger partial charge >= 0.3 is 0 Å². The minimum atomic E-state index is 0.0272. The molecule has 0 radical (unpaired) electrons. The first-order valence-electron chi connectivity index (χ1n) is 9.55. The van der Waals surface area contributed by atoms with Gasteiger partial charge in [-0.1, -0.05) is 19.1 Å². The molecule has 0 amide bonds. The van der Waals surface area contributed by atoms with Crippen molar-refractivity contribution in [3.8, 4) is 5.75 Å². The normalized spacial score (nSPS) is 17.7. The summed E-state index contributed by atoms with van der Waals surface area (Å²) in [7, 11) is 1.69. The molecule has 0 bridgehead atoms. The quantitative estimate of drug-likeness (QED) is 0.754. The van der Waals surface area contributed by atoms with Gasteiger partial charge in [0.1, 0.15) is 5.75 Å². The Balaban J connectivity index is 1.51. The highest BCUT2D eigenvalue weighted by molar-refractivity contribution is 5.42. The first-order chi connectivity index (χ1) is 13.1. The van der Waals surface area contributed by atoms with Crippen LogP contribution in [0.1, 0.15) is 41.8 Å². The molecule has 4 rings (SSSR count). The van der Waals surface area contributed by atoms with E-state index in [1.165, 1.54) is 5.56 Å². The highest BCUT2D eigenvalue weighted by Gasteiger charge is 2.26. The number of aromatic amines is 1. The Morgan fingerprint density at radius 2 is 2.07 bits per heavy atom. The highest BCUT2D eigenvalue weighted by Crippen LogP contribution is 2.28. The number of H-pyrrole nitrogens is 1. The lowest BCUT2D eigenvalue weighted by Gasteiger charge is -2.16.